The maximum atomic E-state index is 11.9. The molecular formula is C14H12N2O5. The number of rotatable bonds is 3. The van der Waals surface area contributed by atoms with Gasteiger partial charge in [0.2, 0.25) is 6.10 Å². The molecule has 1 aromatic heterocycles. The average Bonchev–Trinajstić information content (AvgIpc) is 2.88. The monoisotopic (exact) mass is 288 g/mol. The van der Waals surface area contributed by atoms with E-state index in [-0.39, 0.29) is 18.6 Å². The van der Waals surface area contributed by atoms with Crippen LogP contribution in [0.25, 0.3) is 10.8 Å². The number of hydrogen-bond donors (Lipinski definition) is 1. The standard InChI is InChI=1S/C14H12N2O5/c17-12(21-11-5-6-20-14(11)19)7-10-8-3-1-2-4-9(8)13(18)16-15-10/h1-4,11H,5-7H2,(H,16,18). The number of carbonyl (C=O) groups is 2. The van der Waals surface area contributed by atoms with E-state index in [0.717, 1.165) is 0 Å². The fourth-order valence-electron chi connectivity index (χ4n) is 2.23. The number of H-pyrrole nitrogens is 1. The third kappa shape index (κ3) is 2.62. The van der Waals surface area contributed by atoms with Crippen molar-refractivity contribution in [3.8, 4) is 0 Å². The summed E-state index contributed by atoms with van der Waals surface area (Å²) < 4.78 is 9.78. The smallest absolute Gasteiger partial charge is 0.347 e. The van der Waals surface area contributed by atoms with Crippen molar-refractivity contribution in [2.75, 3.05) is 6.61 Å². The normalized spacial score (nSPS) is 17.7. The van der Waals surface area contributed by atoms with E-state index in [0.29, 0.717) is 22.9 Å². The van der Waals surface area contributed by atoms with E-state index in [2.05, 4.69) is 10.2 Å². The van der Waals surface area contributed by atoms with Gasteiger partial charge >= 0.3 is 11.9 Å². The first-order valence-electron chi connectivity index (χ1n) is 6.47. The molecule has 1 atom stereocenters. The van der Waals surface area contributed by atoms with Crippen molar-refractivity contribution in [1.82, 2.24) is 10.2 Å². The summed E-state index contributed by atoms with van der Waals surface area (Å²) in [5.74, 6) is -1.11. The lowest BCUT2D eigenvalue weighted by Crippen LogP contribution is -2.24. The largest absolute Gasteiger partial charge is 0.463 e. The number of esters is 2. The number of aromatic nitrogens is 2. The first-order valence-corrected chi connectivity index (χ1v) is 6.47. The van der Waals surface area contributed by atoms with Gasteiger partial charge in [0.15, 0.2) is 0 Å². The van der Waals surface area contributed by atoms with Crippen LogP contribution < -0.4 is 5.56 Å². The predicted octanol–water partition coefficient (Wildman–Crippen LogP) is 0.324. The summed E-state index contributed by atoms with van der Waals surface area (Å²) in [5.41, 5.74) is 0.0867. The topological polar surface area (TPSA) is 98.3 Å². The summed E-state index contributed by atoms with van der Waals surface area (Å²) >= 11 is 0. The second-order valence-electron chi connectivity index (χ2n) is 4.66. The van der Waals surface area contributed by atoms with Gasteiger partial charge in [0, 0.05) is 11.8 Å². The summed E-state index contributed by atoms with van der Waals surface area (Å²) in [6, 6.07) is 6.85. The minimum absolute atomic E-state index is 0.124. The summed E-state index contributed by atoms with van der Waals surface area (Å²) in [7, 11) is 0. The van der Waals surface area contributed by atoms with E-state index >= 15 is 0 Å². The number of nitrogens with zero attached hydrogens (tertiary/aromatic N) is 1. The van der Waals surface area contributed by atoms with Crippen molar-refractivity contribution in [2.45, 2.75) is 18.9 Å². The number of nitrogens with one attached hydrogen (secondary N) is 1. The molecule has 2 heterocycles. The quantitative estimate of drug-likeness (QED) is 0.817. The van der Waals surface area contributed by atoms with Crippen molar-refractivity contribution < 1.29 is 19.1 Å². The first-order chi connectivity index (χ1) is 10.1. The minimum Gasteiger partial charge on any atom is -0.463 e. The van der Waals surface area contributed by atoms with E-state index in [1.165, 1.54) is 0 Å². The summed E-state index contributed by atoms with van der Waals surface area (Å²) in [4.78, 5) is 34.8. The molecule has 1 fully saturated rings. The van der Waals surface area contributed by atoms with Crippen molar-refractivity contribution in [3.63, 3.8) is 0 Å². The molecule has 0 bridgehead atoms. The van der Waals surface area contributed by atoms with Gasteiger partial charge < -0.3 is 9.47 Å². The average molecular weight is 288 g/mol. The zero-order valence-electron chi connectivity index (χ0n) is 11.0. The lowest BCUT2D eigenvalue weighted by molar-refractivity contribution is -0.159. The van der Waals surface area contributed by atoms with Crippen LogP contribution in [0.3, 0.4) is 0 Å². The maximum Gasteiger partial charge on any atom is 0.347 e. The van der Waals surface area contributed by atoms with Crippen LogP contribution >= 0.6 is 0 Å². The Morgan fingerprint density at radius 1 is 1.33 bits per heavy atom. The third-order valence-electron chi connectivity index (χ3n) is 3.25. The highest BCUT2D eigenvalue weighted by Gasteiger charge is 2.30. The molecule has 1 aliphatic heterocycles. The van der Waals surface area contributed by atoms with Crippen LogP contribution in [0.4, 0.5) is 0 Å². The number of hydrogen-bond acceptors (Lipinski definition) is 6. The van der Waals surface area contributed by atoms with Gasteiger partial charge in [-0.15, -0.1) is 0 Å². The van der Waals surface area contributed by atoms with E-state index in [4.69, 9.17) is 9.47 Å². The number of cyclic esters (lactones) is 1. The zero-order valence-corrected chi connectivity index (χ0v) is 11.0. The number of benzene rings is 1. The van der Waals surface area contributed by atoms with E-state index in [1.807, 2.05) is 0 Å². The van der Waals surface area contributed by atoms with Gasteiger partial charge in [-0.25, -0.2) is 9.89 Å². The molecule has 3 rings (SSSR count). The lowest BCUT2D eigenvalue weighted by atomic mass is 10.1. The number of aromatic amines is 1. The number of ether oxygens (including phenoxy) is 2. The van der Waals surface area contributed by atoms with Gasteiger partial charge in [-0.1, -0.05) is 18.2 Å². The van der Waals surface area contributed by atoms with Crippen LogP contribution in [-0.4, -0.2) is 34.8 Å². The predicted molar refractivity (Wildman–Crippen MR) is 71.5 cm³/mol. The van der Waals surface area contributed by atoms with E-state index in [1.54, 1.807) is 24.3 Å². The van der Waals surface area contributed by atoms with Crippen LogP contribution in [0.1, 0.15) is 12.1 Å². The van der Waals surface area contributed by atoms with Gasteiger partial charge in [0.1, 0.15) is 0 Å². The molecule has 0 aliphatic carbocycles. The minimum atomic E-state index is -0.841. The highest BCUT2D eigenvalue weighted by atomic mass is 16.6. The van der Waals surface area contributed by atoms with Crippen molar-refractivity contribution in [1.29, 1.82) is 0 Å². The lowest BCUT2D eigenvalue weighted by Gasteiger charge is -2.08. The number of fused-ring (bicyclic) bond motifs is 1. The summed E-state index contributed by atoms with van der Waals surface area (Å²) in [5, 5.41) is 7.28. The molecule has 0 radical (unpaired) electrons. The molecule has 1 saturated heterocycles. The van der Waals surface area contributed by atoms with Gasteiger partial charge in [0.25, 0.3) is 5.56 Å². The molecule has 1 unspecified atom stereocenters. The van der Waals surface area contributed by atoms with Crippen molar-refractivity contribution in [3.05, 3.63) is 40.3 Å². The van der Waals surface area contributed by atoms with Crippen molar-refractivity contribution in [2.24, 2.45) is 0 Å². The molecule has 21 heavy (non-hydrogen) atoms. The molecule has 0 spiro atoms. The molecule has 0 amide bonds. The van der Waals surface area contributed by atoms with Gasteiger partial charge in [-0.05, 0) is 6.07 Å². The SMILES string of the molecule is O=C(Cc1n[nH]c(=O)c2ccccc12)OC1CCOC1=O. The Morgan fingerprint density at radius 3 is 2.81 bits per heavy atom. The van der Waals surface area contributed by atoms with Gasteiger partial charge in [0.05, 0.1) is 24.1 Å². The Bertz CT molecular complexity index is 767. The first kappa shape index (κ1) is 13.3. The highest BCUT2D eigenvalue weighted by molar-refractivity contribution is 5.87. The van der Waals surface area contributed by atoms with Gasteiger partial charge in [-0.3, -0.25) is 9.59 Å². The molecule has 1 aromatic carbocycles. The summed E-state index contributed by atoms with van der Waals surface area (Å²) in [6.45, 7) is 0.261. The van der Waals surface area contributed by atoms with Crippen LogP contribution in [0.5, 0.6) is 0 Å². The highest BCUT2D eigenvalue weighted by Crippen LogP contribution is 2.15. The Hall–Kier alpha value is -2.70. The second kappa shape index (κ2) is 5.35. The molecule has 7 heteroatoms. The molecule has 2 aromatic rings. The van der Waals surface area contributed by atoms with E-state index < -0.39 is 18.0 Å². The van der Waals surface area contributed by atoms with Crippen LogP contribution in [0.2, 0.25) is 0 Å². The fraction of sp³-hybridized carbons (Fsp3) is 0.286. The Balaban J connectivity index is 1.82. The molecule has 7 nitrogen and oxygen atoms in total. The number of carbonyl (C=O) groups excluding carboxylic acids is 2. The molecule has 1 aliphatic rings. The Labute approximate surface area is 118 Å². The van der Waals surface area contributed by atoms with Crippen LogP contribution in [0.15, 0.2) is 29.1 Å². The van der Waals surface area contributed by atoms with Crippen LogP contribution in [-0.2, 0) is 25.5 Å². The summed E-state index contributed by atoms with van der Waals surface area (Å²) in [6.07, 6.45) is -0.600. The molecule has 1 N–H and O–H groups in total. The zero-order chi connectivity index (χ0) is 14.8. The Kier molecular flexibility index (Phi) is 3.39. The molecule has 0 saturated carbocycles. The van der Waals surface area contributed by atoms with Crippen molar-refractivity contribution >= 4 is 22.7 Å². The fourth-order valence-corrected chi connectivity index (χ4v) is 2.23. The molecule has 108 valence electrons. The maximum absolute atomic E-state index is 11.9. The van der Waals surface area contributed by atoms with Crippen LogP contribution in [0, 0.1) is 0 Å². The molecular weight excluding hydrogens is 276 g/mol. The van der Waals surface area contributed by atoms with Gasteiger partial charge in [-0.2, -0.15) is 5.10 Å². The third-order valence-corrected chi connectivity index (χ3v) is 3.25. The second-order valence-corrected chi connectivity index (χ2v) is 4.66. The van der Waals surface area contributed by atoms with E-state index in [9.17, 15) is 14.4 Å². The Morgan fingerprint density at radius 2 is 2.10 bits per heavy atom.